The first-order valence-electron chi connectivity index (χ1n) is 7.09. The Bertz CT molecular complexity index is 639. The summed E-state index contributed by atoms with van der Waals surface area (Å²) in [5.74, 6) is -0.333. The standard InChI is InChI=1S/C17H17FN2O/c18-13-7-5-12(6-8-13)9-10-19-17(21)15-11-20-16-4-2-1-3-14(15)16/h1-8,15,20H,9-11H2,(H,19,21). The maximum absolute atomic E-state index is 12.8. The quantitative estimate of drug-likeness (QED) is 0.906. The minimum Gasteiger partial charge on any atom is -0.384 e. The summed E-state index contributed by atoms with van der Waals surface area (Å²) in [6.45, 7) is 1.20. The highest BCUT2D eigenvalue weighted by atomic mass is 19.1. The van der Waals surface area contributed by atoms with Gasteiger partial charge in [0.15, 0.2) is 0 Å². The molecular weight excluding hydrogens is 267 g/mol. The van der Waals surface area contributed by atoms with E-state index in [1.54, 1.807) is 12.1 Å². The smallest absolute Gasteiger partial charge is 0.229 e. The zero-order valence-electron chi connectivity index (χ0n) is 11.6. The molecule has 2 aromatic carbocycles. The molecule has 1 atom stereocenters. The number of fused-ring (bicyclic) bond motifs is 1. The van der Waals surface area contributed by atoms with Gasteiger partial charge in [-0.05, 0) is 35.7 Å². The van der Waals surface area contributed by atoms with Gasteiger partial charge < -0.3 is 10.6 Å². The minimum absolute atomic E-state index is 0.0366. The van der Waals surface area contributed by atoms with Crippen molar-refractivity contribution in [3.05, 3.63) is 65.5 Å². The normalized spacial score (nSPS) is 16.1. The van der Waals surface area contributed by atoms with Gasteiger partial charge in [0.05, 0.1) is 5.92 Å². The molecule has 3 nitrogen and oxygen atoms in total. The number of para-hydroxylation sites is 1. The van der Waals surface area contributed by atoms with E-state index in [0.717, 1.165) is 16.8 Å². The molecule has 0 spiro atoms. The molecule has 108 valence electrons. The first-order chi connectivity index (χ1) is 10.2. The summed E-state index contributed by atoms with van der Waals surface area (Å²) in [6, 6.07) is 14.2. The highest BCUT2D eigenvalue weighted by Crippen LogP contribution is 2.30. The Hall–Kier alpha value is -2.36. The van der Waals surface area contributed by atoms with Crippen molar-refractivity contribution in [1.29, 1.82) is 0 Å². The Morgan fingerprint density at radius 3 is 2.76 bits per heavy atom. The van der Waals surface area contributed by atoms with Crippen LogP contribution >= 0.6 is 0 Å². The summed E-state index contributed by atoms with van der Waals surface area (Å²) in [4.78, 5) is 12.2. The van der Waals surface area contributed by atoms with Crippen LogP contribution in [0.15, 0.2) is 48.5 Å². The maximum Gasteiger partial charge on any atom is 0.229 e. The fraction of sp³-hybridized carbons (Fsp3) is 0.235. The van der Waals surface area contributed by atoms with Crippen molar-refractivity contribution >= 4 is 11.6 Å². The van der Waals surface area contributed by atoms with Gasteiger partial charge in [0.25, 0.3) is 0 Å². The van der Waals surface area contributed by atoms with E-state index < -0.39 is 0 Å². The Kier molecular flexibility index (Phi) is 3.86. The number of anilines is 1. The molecule has 0 bridgehead atoms. The number of nitrogens with one attached hydrogen (secondary N) is 2. The largest absolute Gasteiger partial charge is 0.384 e. The van der Waals surface area contributed by atoms with Crippen molar-refractivity contribution in [3.8, 4) is 0 Å². The van der Waals surface area contributed by atoms with Gasteiger partial charge in [0.2, 0.25) is 5.91 Å². The summed E-state index contributed by atoms with van der Waals surface area (Å²) in [7, 11) is 0. The molecule has 0 aliphatic carbocycles. The molecule has 1 unspecified atom stereocenters. The predicted octanol–water partition coefficient (Wildman–Crippen LogP) is 2.69. The van der Waals surface area contributed by atoms with Crippen LogP contribution in [-0.2, 0) is 11.2 Å². The van der Waals surface area contributed by atoms with Gasteiger partial charge in [-0.25, -0.2) is 4.39 Å². The van der Waals surface area contributed by atoms with E-state index in [-0.39, 0.29) is 17.6 Å². The second kappa shape index (κ2) is 5.95. The van der Waals surface area contributed by atoms with Crippen LogP contribution in [0.3, 0.4) is 0 Å². The van der Waals surface area contributed by atoms with E-state index in [0.29, 0.717) is 19.5 Å². The minimum atomic E-state index is -0.239. The number of rotatable bonds is 4. The second-order valence-electron chi connectivity index (χ2n) is 5.19. The molecule has 0 saturated carbocycles. The molecule has 1 aliphatic rings. The van der Waals surface area contributed by atoms with Gasteiger partial charge >= 0.3 is 0 Å². The molecule has 2 N–H and O–H groups in total. The number of hydrogen-bond acceptors (Lipinski definition) is 2. The Labute approximate surface area is 123 Å². The number of hydrogen-bond donors (Lipinski definition) is 2. The number of benzene rings is 2. The van der Waals surface area contributed by atoms with Crippen LogP contribution in [0.1, 0.15) is 17.0 Å². The van der Waals surface area contributed by atoms with Crippen LogP contribution in [0.25, 0.3) is 0 Å². The topological polar surface area (TPSA) is 41.1 Å². The first kappa shape index (κ1) is 13.6. The fourth-order valence-electron chi connectivity index (χ4n) is 2.62. The van der Waals surface area contributed by atoms with E-state index in [2.05, 4.69) is 10.6 Å². The second-order valence-corrected chi connectivity index (χ2v) is 5.19. The zero-order chi connectivity index (χ0) is 14.7. The summed E-state index contributed by atoms with van der Waals surface area (Å²) in [5, 5.41) is 6.20. The van der Waals surface area contributed by atoms with Crippen LogP contribution in [0.2, 0.25) is 0 Å². The van der Waals surface area contributed by atoms with E-state index in [9.17, 15) is 9.18 Å². The average molecular weight is 284 g/mol. The van der Waals surface area contributed by atoms with E-state index in [4.69, 9.17) is 0 Å². The molecule has 0 aromatic heterocycles. The summed E-state index contributed by atoms with van der Waals surface area (Å²) in [5.41, 5.74) is 3.11. The van der Waals surface area contributed by atoms with Crippen LogP contribution < -0.4 is 10.6 Å². The Morgan fingerprint density at radius 1 is 1.19 bits per heavy atom. The van der Waals surface area contributed by atoms with Crippen molar-refractivity contribution in [2.24, 2.45) is 0 Å². The van der Waals surface area contributed by atoms with E-state index in [1.165, 1.54) is 12.1 Å². The maximum atomic E-state index is 12.8. The number of carbonyl (C=O) groups is 1. The zero-order valence-corrected chi connectivity index (χ0v) is 11.6. The highest BCUT2D eigenvalue weighted by molar-refractivity contribution is 5.88. The first-order valence-corrected chi connectivity index (χ1v) is 7.09. The lowest BCUT2D eigenvalue weighted by molar-refractivity contribution is -0.122. The summed E-state index contributed by atoms with van der Waals surface area (Å²) < 4.78 is 12.8. The third-order valence-electron chi connectivity index (χ3n) is 3.78. The molecule has 2 aromatic rings. The average Bonchev–Trinajstić information content (AvgIpc) is 2.93. The lowest BCUT2D eigenvalue weighted by atomic mass is 10.0. The van der Waals surface area contributed by atoms with Crippen molar-refractivity contribution in [2.45, 2.75) is 12.3 Å². The fourth-order valence-corrected chi connectivity index (χ4v) is 2.62. The van der Waals surface area contributed by atoms with E-state index in [1.807, 2.05) is 24.3 Å². The molecule has 3 rings (SSSR count). The summed E-state index contributed by atoms with van der Waals surface area (Å²) >= 11 is 0. The summed E-state index contributed by atoms with van der Waals surface area (Å²) in [6.07, 6.45) is 0.702. The molecule has 0 fully saturated rings. The Morgan fingerprint density at radius 2 is 1.95 bits per heavy atom. The van der Waals surface area contributed by atoms with Crippen LogP contribution in [0, 0.1) is 5.82 Å². The lowest BCUT2D eigenvalue weighted by Gasteiger charge is -2.11. The van der Waals surface area contributed by atoms with Crippen molar-refractivity contribution < 1.29 is 9.18 Å². The molecule has 4 heteroatoms. The third kappa shape index (κ3) is 3.05. The molecule has 21 heavy (non-hydrogen) atoms. The Balaban J connectivity index is 1.54. The van der Waals surface area contributed by atoms with Gasteiger partial charge in [-0.2, -0.15) is 0 Å². The van der Waals surface area contributed by atoms with Gasteiger partial charge in [0.1, 0.15) is 5.82 Å². The predicted molar refractivity (Wildman–Crippen MR) is 80.8 cm³/mol. The van der Waals surface area contributed by atoms with Crippen LogP contribution in [-0.4, -0.2) is 19.0 Å². The monoisotopic (exact) mass is 284 g/mol. The molecule has 0 saturated heterocycles. The molecule has 1 heterocycles. The lowest BCUT2D eigenvalue weighted by Crippen LogP contribution is -2.31. The number of halogens is 1. The van der Waals surface area contributed by atoms with Gasteiger partial charge in [0, 0.05) is 18.8 Å². The van der Waals surface area contributed by atoms with Gasteiger partial charge in [-0.15, -0.1) is 0 Å². The third-order valence-corrected chi connectivity index (χ3v) is 3.78. The van der Waals surface area contributed by atoms with Gasteiger partial charge in [-0.1, -0.05) is 30.3 Å². The van der Waals surface area contributed by atoms with Gasteiger partial charge in [-0.3, -0.25) is 4.79 Å². The molecule has 0 radical (unpaired) electrons. The van der Waals surface area contributed by atoms with Crippen LogP contribution in [0.4, 0.5) is 10.1 Å². The van der Waals surface area contributed by atoms with Crippen molar-refractivity contribution in [2.75, 3.05) is 18.4 Å². The van der Waals surface area contributed by atoms with Crippen molar-refractivity contribution in [3.63, 3.8) is 0 Å². The number of amides is 1. The highest BCUT2D eigenvalue weighted by Gasteiger charge is 2.27. The SMILES string of the molecule is O=C(NCCc1ccc(F)cc1)C1CNc2ccccc21. The number of carbonyl (C=O) groups excluding carboxylic acids is 1. The van der Waals surface area contributed by atoms with Crippen LogP contribution in [0.5, 0.6) is 0 Å². The molecular formula is C17H17FN2O. The molecule has 1 aliphatic heterocycles. The van der Waals surface area contributed by atoms with E-state index >= 15 is 0 Å². The molecule has 1 amide bonds. The van der Waals surface area contributed by atoms with Crippen molar-refractivity contribution in [1.82, 2.24) is 5.32 Å².